The van der Waals surface area contributed by atoms with Crippen molar-refractivity contribution in [1.29, 1.82) is 0 Å². The van der Waals surface area contributed by atoms with Gasteiger partial charge in [0.15, 0.2) is 11.5 Å². The third-order valence-electron chi connectivity index (χ3n) is 6.96. The lowest BCUT2D eigenvalue weighted by Crippen LogP contribution is -2.25. The second-order valence-electron chi connectivity index (χ2n) is 10.1. The zero-order valence-electron chi connectivity index (χ0n) is 23.8. The molecule has 3 aromatic carbocycles. The van der Waals surface area contributed by atoms with Gasteiger partial charge in [-0.15, -0.1) is 0 Å². The Hall–Kier alpha value is -3.90. The smallest absolute Gasteiger partial charge is 0.266 e. The standard InChI is InChI=1S/C31H32ClN3O7S/c1-21-23(4-3-5-26(21)22-6-7-28-31(15-22)40-12-11-39-28)19-41-30-16-29(42-20-25-17-33-8-9-34-25)24(14-27(30)32)18-35(2)10-13-43(36,37)38/h3-9,14-17H,10-13,18-20H2,1-2H3,(H,36,37,38). The highest BCUT2D eigenvalue weighted by molar-refractivity contribution is 7.85. The van der Waals surface area contributed by atoms with Crippen molar-refractivity contribution in [2.75, 3.05) is 32.6 Å². The van der Waals surface area contributed by atoms with Gasteiger partial charge in [-0.3, -0.25) is 14.5 Å². The number of benzene rings is 3. The van der Waals surface area contributed by atoms with Gasteiger partial charge in [-0.1, -0.05) is 35.9 Å². The van der Waals surface area contributed by atoms with Gasteiger partial charge < -0.3 is 23.8 Å². The summed E-state index contributed by atoms with van der Waals surface area (Å²) in [7, 11) is -2.35. The average molecular weight is 626 g/mol. The Labute approximate surface area is 255 Å². The quantitative estimate of drug-likeness (QED) is 0.206. The lowest BCUT2D eigenvalue weighted by atomic mass is 9.96. The van der Waals surface area contributed by atoms with Crippen LogP contribution in [0, 0.1) is 6.92 Å². The fraction of sp³-hybridized carbons (Fsp3) is 0.290. The summed E-state index contributed by atoms with van der Waals surface area (Å²) in [6.45, 7) is 3.98. The molecule has 0 amide bonds. The lowest BCUT2D eigenvalue weighted by molar-refractivity contribution is 0.171. The van der Waals surface area contributed by atoms with Gasteiger partial charge in [-0.2, -0.15) is 8.42 Å². The van der Waals surface area contributed by atoms with E-state index in [-0.39, 0.29) is 25.5 Å². The van der Waals surface area contributed by atoms with Gasteiger partial charge in [0.1, 0.15) is 37.9 Å². The normalized spacial score (nSPS) is 12.8. The van der Waals surface area contributed by atoms with E-state index in [1.165, 1.54) is 0 Å². The van der Waals surface area contributed by atoms with E-state index in [0.717, 1.165) is 39.3 Å². The Morgan fingerprint density at radius 2 is 1.77 bits per heavy atom. The molecule has 4 aromatic rings. The van der Waals surface area contributed by atoms with Gasteiger partial charge in [-0.25, -0.2) is 0 Å². The Morgan fingerprint density at radius 3 is 2.53 bits per heavy atom. The molecular weight excluding hydrogens is 594 g/mol. The molecule has 0 atom stereocenters. The summed E-state index contributed by atoms with van der Waals surface area (Å²) in [5.41, 5.74) is 5.48. The topological polar surface area (TPSA) is 120 Å². The van der Waals surface area contributed by atoms with E-state index in [1.54, 1.807) is 42.7 Å². The van der Waals surface area contributed by atoms with Crippen LogP contribution >= 0.6 is 11.6 Å². The molecule has 0 aliphatic carbocycles. The molecule has 0 radical (unpaired) electrons. The van der Waals surface area contributed by atoms with Gasteiger partial charge in [0.2, 0.25) is 0 Å². The maximum Gasteiger partial charge on any atom is 0.266 e. The molecule has 0 bridgehead atoms. The van der Waals surface area contributed by atoms with Crippen molar-refractivity contribution in [3.05, 3.63) is 94.5 Å². The van der Waals surface area contributed by atoms with Crippen LogP contribution in [0.3, 0.4) is 0 Å². The van der Waals surface area contributed by atoms with E-state index < -0.39 is 10.1 Å². The highest BCUT2D eigenvalue weighted by atomic mass is 35.5. The fourth-order valence-electron chi connectivity index (χ4n) is 4.66. The molecule has 226 valence electrons. The van der Waals surface area contributed by atoms with Crippen molar-refractivity contribution in [3.8, 4) is 34.1 Å². The predicted octanol–water partition coefficient (Wildman–Crippen LogP) is 5.35. The first kappa shape index (κ1) is 30.6. The van der Waals surface area contributed by atoms with Crippen LogP contribution in [0.1, 0.15) is 22.4 Å². The van der Waals surface area contributed by atoms with Crippen LogP contribution in [0.25, 0.3) is 11.1 Å². The maximum atomic E-state index is 11.2. The van der Waals surface area contributed by atoms with Crippen LogP contribution in [0.5, 0.6) is 23.0 Å². The SMILES string of the molecule is Cc1c(COc2cc(OCc3cnccn3)c(CN(C)CCS(=O)(=O)O)cc2Cl)cccc1-c1ccc2c(c1)OCCO2. The van der Waals surface area contributed by atoms with Crippen molar-refractivity contribution in [1.82, 2.24) is 14.9 Å². The molecule has 0 fully saturated rings. The molecule has 10 nitrogen and oxygen atoms in total. The second-order valence-corrected chi connectivity index (χ2v) is 12.1. The minimum absolute atomic E-state index is 0.122. The molecule has 2 heterocycles. The first-order valence-corrected chi connectivity index (χ1v) is 15.6. The van der Waals surface area contributed by atoms with Crippen molar-refractivity contribution < 1.29 is 31.9 Å². The van der Waals surface area contributed by atoms with Crippen LogP contribution < -0.4 is 18.9 Å². The van der Waals surface area contributed by atoms with Gasteiger partial charge in [0.25, 0.3) is 10.1 Å². The monoisotopic (exact) mass is 625 g/mol. The zero-order valence-corrected chi connectivity index (χ0v) is 25.4. The van der Waals surface area contributed by atoms with Crippen LogP contribution in [-0.4, -0.2) is 60.4 Å². The Morgan fingerprint density at radius 1 is 0.977 bits per heavy atom. The molecule has 43 heavy (non-hydrogen) atoms. The van der Waals surface area contributed by atoms with Crippen LogP contribution in [-0.2, 0) is 29.9 Å². The minimum atomic E-state index is -4.09. The third-order valence-corrected chi connectivity index (χ3v) is 7.95. The summed E-state index contributed by atoms with van der Waals surface area (Å²) < 4.78 is 55.4. The maximum absolute atomic E-state index is 11.2. The number of rotatable bonds is 12. The van der Waals surface area contributed by atoms with Crippen LogP contribution in [0.2, 0.25) is 5.02 Å². The predicted molar refractivity (Wildman–Crippen MR) is 163 cm³/mol. The number of hydrogen-bond donors (Lipinski definition) is 1. The lowest BCUT2D eigenvalue weighted by Gasteiger charge is -2.21. The first-order chi connectivity index (χ1) is 20.7. The van der Waals surface area contributed by atoms with Gasteiger partial charge in [0.05, 0.1) is 22.7 Å². The van der Waals surface area contributed by atoms with Crippen LogP contribution in [0.4, 0.5) is 0 Å². The molecule has 0 saturated carbocycles. The van der Waals surface area contributed by atoms with Gasteiger partial charge in [0, 0.05) is 37.1 Å². The highest BCUT2D eigenvalue weighted by Gasteiger charge is 2.17. The molecule has 0 unspecified atom stereocenters. The average Bonchev–Trinajstić information content (AvgIpc) is 2.99. The molecule has 1 aliphatic rings. The summed E-state index contributed by atoms with van der Waals surface area (Å²) in [6, 6.07) is 15.5. The third kappa shape index (κ3) is 8.14. The highest BCUT2D eigenvalue weighted by Crippen LogP contribution is 2.37. The van der Waals surface area contributed by atoms with Crippen molar-refractivity contribution in [2.24, 2.45) is 0 Å². The Bertz CT molecular complexity index is 1690. The Balaban J connectivity index is 1.36. The van der Waals surface area contributed by atoms with Crippen molar-refractivity contribution in [3.63, 3.8) is 0 Å². The molecule has 1 N–H and O–H groups in total. The molecule has 12 heteroatoms. The molecule has 0 saturated heterocycles. The van der Waals surface area contributed by atoms with Crippen molar-refractivity contribution in [2.45, 2.75) is 26.7 Å². The zero-order chi connectivity index (χ0) is 30.4. The van der Waals surface area contributed by atoms with E-state index in [4.69, 9.17) is 35.1 Å². The first-order valence-electron chi connectivity index (χ1n) is 13.6. The molecule has 0 spiro atoms. The second kappa shape index (κ2) is 13.6. The van der Waals surface area contributed by atoms with E-state index >= 15 is 0 Å². The summed E-state index contributed by atoms with van der Waals surface area (Å²) >= 11 is 6.67. The number of hydrogen-bond acceptors (Lipinski definition) is 9. The summed E-state index contributed by atoms with van der Waals surface area (Å²) in [5.74, 6) is 2.02. The summed E-state index contributed by atoms with van der Waals surface area (Å²) in [5, 5.41) is 0.380. The van der Waals surface area contributed by atoms with Gasteiger partial charge >= 0.3 is 0 Å². The number of aromatic nitrogens is 2. The minimum Gasteiger partial charge on any atom is -0.487 e. The largest absolute Gasteiger partial charge is 0.487 e. The molecular formula is C31H32ClN3O7S. The number of ether oxygens (including phenoxy) is 4. The number of fused-ring (bicyclic) bond motifs is 1. The van der Waals surface area contributed by atoms with E-state index in [1.807, 2.05) is 37.3 Å². The number of nitrogens with zero attached hydrogens (tertiary/aromatic N) is 3. The van der Waals surface area contributed by atoms with E-state index in [9.17, 15) is 8.42 Å². The van der Waals surface area contributed by atoms with Gasteiger partial charge in [-0.05, 0) is 54.4 Å². The van der Waals surface area contributed by atoms with E-state index in [0.29, 0.717) is 42.0 Å². The van der Waals surface area contributed by atoms with E-state index in [2.05, 4.69) is 16.0 Å². The Kier molecular flexibility index (Phi) is 9.66. The summed E-state index contributed by atoms with van der Waals surface area (Å²) in [4.78, 5) is 10.1. The number of halogens is 1. The molecule has 1 aromatic heterocycles. The summed E-state index contributed by atoms with van der Waals surface area (Å²) in [6.07, 6.45) is 4.78. The molecule has 1 aliphatic heterocycles. The fourth-order valence-corrected chi connectivity index (χ4v) is 5.44. The van der Waals surface area contributed by atoms with Crippen LogP contribution in [0.15, 0.2) is 67.1 Å². The van der Waals surface area contributed by atoms with Crippen molar-refractivity contribution >= 4 is 21.7 Å². The molecule has 5 rings (SSSR count).